The van der Waals surface area contributed by atoms with Crippen molar-refractivity contribution in [3.8, 4) is 0 Å². The van der Waals surface area contributed by atoms with Gasteiger partial charge in [0, 0.05) is 24.5 Å². The minimum Gasteiger partial charge on any atom is -0.230 e. The van der Waals surface area contributed by atoms with Crippen molar-refractivity contribution in [2.24, 2.45) is 0 Å². The summed E-state index contributed by atoms with van der Waals surface area (Å²) < 4.78 is 67.3. The second-order valence-electron chi connectivity index (χ2n) is 7.65. The number of hydrazine groups is 1. The lowest BCUT2D eigenvalue weighted by atomic mass is 9.89. The van der Waals surface area contributed by atoms with Gasteiger partial charge in [0.25, 0.3) is 10.0 Å². The molecule has 0 amide bonds. The summed E-state index contributed by atoms with van der Waals surface area (Å²) in [5.41, 5.74) is 0.801. The monoisotopic (exact) mass is 480 g/mol. The number of benzene rings is 3. The summed E-state index contributed by atoms with van der Waals surface area (Å²) in [4.78, 5) is -0.204. The Morgan fingerprint density at radius 3 is 2.03 bits per heavy atom. The van der Waals surface area contributed by atoms with Gasteiger partial charge in [-0.1, -0.05) is 54.1 Å². The van der Waals surface area contributed by atoms with E-state index in [1.807, 2.05) is 30.3 Å². The molecule has 0 aromatic heterocycles. The SMILES string of the molecule is CN1C[C@H](c2ccccc2)C(c2ccc(Cl)cc2)N1S(=O)(=O)c1ccc(C(F)(F)F)cc1. The van der Waals surface area contributed by atoms with Crippen LogP contribution in [0.25, 0.3) is 0 Å². The molecule has 0 radical (unpaired) electrons. The summed E-state index contributed by atoms with van der Waals surface area (Å²) >= 11 is 6.04. The van der Waals surface area contributed by atoms with Crippen LogP contribution in [0, 0.1) is 0 Å². The lowest BCUT2D eigenvalue weighted by Crippen LogP contribution is -2.40. The molecule has 0 N–H and O–H groups in total. The molecular formula is C23H20ClF3N2O2S. The molecule has 1 saturated heterocycles. The van der Waals surface area contributed by atoms with E-state index in [1.54, 1.807) is 36.3 Å². The molecule has 0 aliphatic carbocycles. The van der Waals surface area contributed by atoms with Gasteiger partial charge in [0.05, 0.1) is 16.5 Å². The fraction of sp³-hybridized carbons (Fsp3) is 0.217. The molecule has 1 fully saturated rings. The lowest BCUT2D eigenvalue weighted by molar-refractivity contribution is -0.137. The maximum absolute atomic E-state index is 13.6. The number of nitrogens with zero attached hydrogens (tertiary/aromatic N) is 2. The molecule has 0 saturated carbocycles. The molecule has 1 unspecified atom stereocenters. The van der Waals surface area contributed by atoms with Crippen LogP contribution in [-0.4, -0.2) is 31.4 Å². The molecule has 9 heteroatoms. The first kappa shape index (κ1) is 22.8. The zero-order valence-corrected chi connectivity index (χ0v) is 18.6. The van der Waals surface area contributed by atoms with Gasteiger partial charge in [-0.3, -0.25) is 0 Å². The number of hydrogen-bond donors (Lipinski definition) is 0. The van der Waals surface area contributed by atoms with Crippen molar-refractivity contribution in [1.82, 2.24) is 9.42 Å². The average molecular weight is 481 g/mol. The first-order valence-electron chi connectivity index (χ1n) is 9.82. The Hall–Kier alpha value is -2.39. The van der Waals surface area contributed by atoms with Crippen LogP contribution in [0.15, 0.2) is 83.8 Å². The summed E-state index contributed by atoms with van der Waals surface area (Å²) in [7, 11) is -2.48. The van der Waals surface area contributed by atoms with Crippen LogP contribution in [-0.2, 0) is 16.2 Å². The average Bonchev–Trinajstić information content (AvgIpc) is 3.12. The molecule has 2 atom stereocenters. The maximum atomic E-state index is 13.6. The van der Waals surface area contributed by atoms with Crippen LogP contribution in [0.4, 0.5) is 13.2 Å². The Morgan fingerprint density at radius 1 is 0.875 bits per heavy atom. The van der Waals surface area contributed by atoms with Gasteiger partial charge in [0.2, 0.25) is 0 Å². The highest BCUT2D eigenvalue weighted by molar-refractivity contribution is 7.89. The van der Waals surface area contributed by atoms with Crippen LogP contribution in [0.5, 0.6) is 0 Å². The first-order valence-corrected chi connectivity index (χ1v) is 11.6. The Balaban J connectivity index is 1.80. The van der Waals surface area contributed by atoms with Crippen molar-refractivity contribution in [1.29, 1.82) is 0 Å². The number of hydrogen-bond acceptors (Lipinski definition) is 3. The van der Waals surface area contributed by atoms with Crippen molar-refractivity contribution < 1.29 is 21.6 Å². The summed E-state index contributed by atoms with van der Waals surface area (Å²) in [6, 6.07) is 19.5. The standard InChI is InChI=1S/C23H20ClF3N2O2S/c1-28-15-21(16-5-3-2-4-6-16)22(17-7-11-19(24)12-8-17)29(28)32(30,31)20-13-9-18(10-14-20)23(25,26)27/h2-14,21-22H,15H2,1H3/t21-,22?/m1/s1. The molecule has 0 spiro atoms. The second-order valence-corrected chi connectivity index (χ2v) is 9.89. The molecule has 1 aliphatic heterocycles. The summed E-state index contributed by atoms with van der Waals surface area (Å²) in [6.45, 7) is 0.414. The fourth-order valence-corrected chi connectivity index (χ4v) is 5.92. The largest absolute Gasteiger partial charge is 0.416 e. The summed E-state index contributed by atoms with van der Waals surface area (Å²) in [5.74, 6) is -0.188. The highest BCUT2D eigenvalue weighted by Gasteiger charge is 2.47. The number of rotatable bonds is 4. The second kappa shape index (κ2) is 8.51. The summed E-state index contributed by atoms with van der Waals surface area (Å²) in [6.07, 6.45) is -4.54. The van der Waals surface area contributed by atoms with Crippen molar-refractivity contribution >= 4 is 21.6 Å². The highest BCUT2D eigenvalue weighted by atomic mass is 35.5. The molecule has 1 aliphatic rings. The Labute approximate surface area is 189 Å². The zero-order chi connectivity index (χ0) is 23.1. The van der Waals surface area contributed by atoms with Gasteiger partial charge in [-0.15, -0.1) is 4.41 Å². The van der Waals surface area contributed by atoms with E-state index < -0.39 is 27.8 Å². The quantitative estimate of drug-likeness (QED) is 0.478. The van der Waals surface area contributed by atoms with E-state index in [9.17, 15) is 21.6 Å². The smallest absolute Gasteiger partial charge is 0.230 e. The van der Waals surface area contributed by atoms with E-state index in [2.05, 4.69) is 0 Å². The maximum Gasteiger partial charge on any atom is 0.416 e. The molecular weight excluding hydrogens is 461 g/mol. The van der Waals surface area contributed by atoms with Crippen molar-refractivity contribution in [3.63, 3.8) is 0 Å². The molecule has 168 valence electrons. The molecule has 1 heterocycles. The number of likely N-dealkylation sites (N-methyl/N-ethyl adjacent to an activating group) is 1. The fourth-order valence-electron chi connectivity index (χ4n) is 4.10. The van der Waals surface area contributed by atoms with Crippen molar-refractivity contribution in [2.75, 3.05) is 13.6 Å². The number of sulfonamides is 1. The van der Waals surface area contributed by atoms with Gasteiger partial charge in [0.15, 0.2) is 0 Å². The van der Waals surface area contributed by atoms with E-state index in [1.165, 1.54) is 4.41 Å². The third-order valence-electron chi connectivity index (χ3n) is 5.58. The first-order chi connectivity index (χ1) is 15.1. The minimum atomic E-state index is -4.54. The van der Waals surface area contributed by atoms with Crippen molar-refractivity contribution in [2.45, 2.75) is 23.0 Å². The normalized spacial score (nSPS) is 20.5. The summed E-state index contributed by atoms with van der Waals surface area (Å²) in [5, 5.41) is 2.12. The van der Waals surface area contributed by atoms with E-state index in [4.69, 9.17) is 11.6 Å². The van der Waals surface area contributed by atoms with Crippen LogP contribution >= 0.6 is 11.6 Å². The number of halogens is 4. The van der Waals surface area contributed by atoms with Crippen molar-refractivity contribution in [3.05, 3.63) is 101 Å². The Kier molecular flexibility index (Phi) is 6.06. The molecule has 32 heavy (non-hydrogen) atoms. The zero-order valence-electron chi connectivity index (χ0n) is 17.0. The van der Waals surface area contributed by atoms with E-state index in [0.717, 1.165) is 35.4 Å². The molecule has 4 nitrogen and oxygen atoms in total. The van der Waals surface area contributed by atoms with Gasteiger partial charge < -0.3 is 0 Å². The topological polar surface area (TPSA) is 40.6 Å². The van der Waals surface area contributed by atoms with Gasteiger partial charge in [-0.2, -0.15) is 13.2 Å². The predicted octanol–water partition coefficient (Wildman–Crippen LogP) is 5.74. The van der Waals surface area contributed by atoms with Gasteiger partial charge in [-0.25, -0.2) is 13.4 Å². The van der Waals surface area contributed by atoms with Gasteiger partial charge in [-0.05, 0) is 47.5 Å². The van der Waals surface area contributed by atoms with Crippen LogP contribution in [0.2, 0.25) is 5.02 Å². The van der Waals surface area contributed by atoms with Crippen LogP contribution < -0.4 is 0 Å². The Morgan fingerprint density at radius 2 is 1.47 bits per heavy atom. The highest BCUT2D eigenvalue weighted by Crippen LogP contribution is 2.45. The lowest BCUT2D eigenvalue weighted by Gasteiger charge is -2.30. The molecule has 3 aromatic rings. The third kappa shape index (κ3) is 4.28. The number of alkyl halides is 3. The van der Waals surface area contributed by atoms with E-state index >= 15 is 0 Å². The van der Waals surface area contributed by atoms with Crippen LogP contribution in [0.1, 0.15) is 28.7 Å². The van der Waals surface area contributed by atoms with E-state index in [0.29, 0.717) is 11.6 Å². The third-order valence-corrected chi connectivity index (χ3v) is 7.70. The van der Waals surface area contributed by atoms with Crippen LogP contribution in [0.3, 0.4) is 0 Å². The van der Waals surface area contributed by atoms with E-state index in [-0.39, 0.29) is 10.8 Å². The molecule has 0 bridgehead atoms. The molecule has 4 rings (SSSR count). The Bertz CT molecular complexity index is 1180. The van der Waals surface area contributed by atoms with Gasteiger partial charge in [0.1, 0.15) is 0 Å². The predicted molar refractivity (Wildman–Crippen MR) is 116 cm³/mol. The minimum absolute atomic E-state index is 0.188. The van der Waals surface area contributed by atoms with Gasteiger partial charge >= 0.3 is 6.18 Å². The molecule has 3 aromatic carbocycles.